The second-order valence-corrected chi connectivity index (χ2v) is 10.5. The highest BCUT2D eigenvalue weighted by Crippen LogP contribution is 2.31. The van der Waals surface area contributed by atoms with Crippen molar-refractivity contribution in [3.63, 3.8) is 0 Å². The van der Waals surface area contributed by atoms with Crippen molar-refractivity contribution in [2.75, 3.05) is 21.3 Å². The summed E-state index contributed by atoms with van der Waals surface area (Å²) < 4.78 is 29.9. The Hall–Kier alpha value is -5.00. The Morgan fingerprint density at radius 1 is 0.955 bits per heavy atom. The third-order valence-corrected chi connectivity index (χ3v) is 7.65. The van der Waals surface area contributed by atoms with Gasteiger partial charge < -0.3 is 24.4 Å². The van der Waals surface area contributed by atoms with Crippen LogP contribution in [0.5, 0.6) is 17.2 Å². The molecule has 4 aromatic rings. The normalized spacial score (nSPS) is 13.7. The average molecular weight is 603 g/mol. The van der Waals surface area contributed by atoms with E-state index in [1.54, 1.807) is 44.6 Å². The molecule has 1 aliphatic carbocycles. The molecule has 2 amide bonds. The zero-order valence-electron chi connectivity index (χ0n) is 24.9. The van der Waals surface area contributed by atoms with E-state index < -0.39 is 17.8 Å². The number of aromatic nitrogens is 4. The first-order valence-electron chi connectivity index (χ1n) is 14.4. The molecule has 12 heteroatoms. The molecule has 1 heterocycles. The first kappa shape index (κ1) is 30.5. The number of halogens is 1. The third kappa shape index (κ3) is 7.13. The number of benzene rings is 3. The molecule has 0 radical (unpaired) electrons. The lowest BCUT2D eigenvalue weighted by Crippen LogP contribution is -2.46. The van der Waals surface area contributed by atoms with Gasteiger partial charge in [0.15, 0.2) is 11.5 Å². The predicted molar refractivity (Wildman–Crippen MR) is 159 cm³/mol. The van der Waals surface area contributed by atoms with Crippen molar-refractivity contribution in [3.05, 3.63) is 83.7 Å². The second-order valence-electron chi connectivity index (χ2n) is 10.5. The minimum Gasteiger partial charge on any atom is -0.497 e. The van der Waals surface area contributed by atoms with Crippen LogP contribution in [0.4, 0.5) is 4.39 Å². The van der Waals surface area contributed by atoms with Crippen LogP contribution in [0, 0.1) is 5.82 Å². The summed E-state index contributed by atoms with van der Waals surface area (Å²) in [4.78, 5) is 30.6. The number of methoxy groups -OCH3 is 3. The third-order valence-electron chi connectivity index (χ3n) is 7.65. The van der Waals surface area contributed by atoms with Gasteiger partial charge in [0.2, 0.25) is 17.6 Å². The fourth-order valence-electron chi connectivity index (χ4n) is 5.33. The van der Waals surface area contributed by atoms with E-state index >= 15 is 0 Å². The summed E-state index contributed by atoms with van der Waals surface area (Å²) in [7, 11) is 4.65. The summed E-state index contributed by atoms with van der Waals surface area (Å²) in [6, 6.07) is 17.1. The van der Waals surface area contributed by atoms with Gasteiger partial charge >= 0.3 is 0 Å². The maximum atomic E-state index is 14.1. The molecule has 1 atom stereocenters. The van der Waals surface area contributed by atoms with Crippen LogP contribution in [-0.4, -0.2) is 64.3 Å². The number of hydrogen-bond donors (Lipinski definition) is 1. The number of rotatable bonds is 12. The first-order chi connectivity index (χ1) is 21.4. The number of ether oxygens (including phenoxy) is 3. The van der Waals surface area contributed by atoms with Crippen LogP contribution in [0.2, 0.25) is 0 Å². The standard InChI is InChI=1S/C32H35FN6O5/c1-42-26-15-8-21(9-16-26)19-38(30(22-10-13-24(33)14-11-22)32(41)34-25-6-4-5-7-25)29(40)20-39-36-31(35-37-39)23-12-17-27(43-2)28(18-23)44-3/h8-18,25,30H,4-7,19-20H2,1-3H3,(H,34,41)/t30-/m0/s1. The lowest BCUT2D eigenvalue weighted by atomic mass is 10.0. The quantitative estimate of drug-likeness (QED) is 0.254. The van der Waals surface area contributed by atoms with Crippen LogP contribution in [0.15, 0.2) is 66.7 Å². The van der Waals surface area contributed by atoms with Gasteiger partial charge in [-0.05, 0) is 71.6 Å². The summed E-state index contributed by atoms with van der Waals surface area (Å²) in [5.74, 6) is 0.807. The minimum atomic E-state index is -1.03. The monoisotopic (exact) mass is 602 g/mol. The summed E-state index contributed by atoms with van der Waals surface area (Å²) >= 11 is 0. The average Bonchev–Trinajstić information content (AvgIpc) is 3.74. The molecule has 11 nitrogen and oxygen atoms in total. The van der Waals surface area contributed by atoms with Gasteiger partial charge in [0, 0.05) is 18.2 Å². The summed E-state index contributed by atoms with van der Waals surface area (Å²) in [5.41, 5.74) is 1.88. The Labute approximate surface area is 254 Å². The van der Waals surface area contributed by atoms with Crippen molar-refractivity contribution >= 4 is 11.8 Å². The number of nitrogens with zero attached hydrogens (tertiary/aromatic N) is 5. The van der Waals surface area contributed by atoms with E-state index in [0.29, 0.717) is 28.4 Å². The molecular formula is C32H35FN6O5. The SMILES string of the molecule is COc1ccc(CN(C(=O)Cn2nnc(-c3ccc(OC)c(OC)c3)n2)[C@H](C(=O)NC2CCCC2)c2ccc(F)cc2)cc1. The number of tetrazole rings is 1. The van der Waals surface area contributed by atoms with E-state index in [0.717, 1.165) is 31.2 Å². The van der Waals surface area contributed by atoms with Crippen molar-refractivity contribution in [2.24, 2.45) is 0 Å². The molecule has 0 saturated heterocycles. The largest absolute Gasteiger partial charge is 0.497 e. The number of carbonyl (C=O) groups excluding carboxylic acids is 2. The van der Waals surface area contributed by atoms with Gasteiger partial charge in [-0.1, -0.05) is 37.1 Å². The second kappa shape index (κ2) is 14.0. The Kier molecular flexibility index (Phi) is 9.68. The highest BCUT2D eigenvalue weighted by Gasteiger charge is 2.34. The zero-order chi connectivity index (χ0) is 31.1. The van der Waals surface area contributed by atoms with Gasteiger partial charge in [-0.2, -0.15) is 4.80 Å². The van der Waals surface area contributed by atoms with E-state index in [1.807, 2.05) is 12.1 Å². The topological polar surface area (TPSA) is 121 Å². The molecular weight excluding hydrogens is 567 g/mol. The van der Waals surface area contributed by atoms with Crippen LogP contribution < -0.4 is 19.5 Å². The summed E-state index contributed by atoms with van der Waals surface area (Å²) in [6.45, 7) is -0.189. The van der Waals surface area contributed by atoms with Crippen molar-refractivity contribution in [1.82, 2.24) is 30.4 Å². The fraction of sp³-hybridized carbons (Fsp3) is 0.344. The number of hydrogen-bond acceptors (Lipinski definition) is 8. The van der Waals surface area contributed by atoms with Gasteiger partial charge in [0.25, 0.3) is 0 Å². The maximum absolute atomic E-state index is 14.1. The van der Waals surface area contributed by atoms with Crippen molar-refractivity contribution in [1.29, 1.82) is 0 Å². The van der Waals surface area contributed by atoms with E-state index in [-0.39, 0.29) is 30.9 Å². The Morgan fingerprint density at radius 3 is 2.32 bits per heavy atom. The Morgan fingerprint density at radius 2 is 1.66 bits per heavy atom. The molecule has 0 bridgehead atoms. The first-order valence-corrected chi connectivity index (χ1v) is 14.4. The molecule has 1 N–H and O–H groups in total. The number of amides is 2. The molecule has 0 unspecified atom stereocenters. The molecule has 5 rings (SSSR count). The molecule has 1 fully saturated rings. The van der Waals surface area contributed by atoms with Gasteiger partial charge in [-0.15, -0.1) is 10.2 Å². The minimum absolute atomic E-state index is 0.0180. The molecule has 1 aliphatic rings. The van der Waals surface area contributed by atoms with Crippen LogP contribution in [0.1, 0.15) is 42.9 Å². The summed E-state index contributed by atoms with van der Waals surface area (Å²) in [5, 5.41) is 15.8. The highest BCUT2D eigenvalue weighted by atomic mass is 19.1. The number of nitrogens with one attached hydrogen (secondary N) is 1. The zero-order valence-corrected chi connectivity index (χ0v) is 24.9. The lowest BCUT2D eigenvalue weighted by molar-refractivity contribution is -0.142. The molecule has 44 heavy (non-hydrogen) atoms. The van der Waals surface area contributed by atoms with Crippen LogP contribution in [-0.2, 0) is 22.7 Å². The van der Waals surface area contributed by atoms with Crippen molar-refractivity contribution < 1.29 is 28.2 Å². The van der Waals surface area contributed by atoms with Gasteiger partial charge in [0.1, 0.15) is 24.2 Å². The molecule has 1 saturated carbocycles. The molecule has 0 spiro atoms. The van der Waals surface area contributed by atoms with E-state index in [4.69, 9.17) is 14.2 Å². The van der Waals surface area contributed by atoms with Crippen molar-refractivity contribution in [3.8, 4) is 28.6 Å². The Bertz CT molecular complexity index is 1570. The van der Waals surface area contributed by atoms with E-state index in [1.165, 1.54) is 41.1 Å². The predicted octanol–water partition coefficient (Wildman–Crippen LogP) is 4.33. The van der Waals surface area contributed by atoms with Crippen LogP contribution >= 0.6 is 0 Å². The molecule has 1 aromatic heterocycles. The molecule has 3 aromatic carbocycles. The maximum Gasteiger partial charge on any atom is 0.247 e. The van der Waals surface area contributed by atoms with Gasteiger partial charge in [0.05, 0.1) is 21.3 Å². The van der Waals surface area contributed by atoms with Crippen LogP contribution in [0.3, 0.4) is 0 Å². The van der Waals surface area contributed by atoms with E-state index in [9.17, 15) is 14.0 Å². The number of carbonyl (C=O) groups is 2. The highest BCUT2D eigenvalue weighted by molar-refractivity contribution is 5.89. The van der Waals surface area contributed by atoms with Crippen molar-refractivity contribution in [2.45, 2.75) is 50.9 Å². The molecule has 230 valence electrons. The van der Waals surface area contributed by atoms with Gasteiger partial charge in [-0.25, -0.2) is 4.39 Å². The summed E-state index contributed by atoms with van der Waals surface area (Å²) in [6.07, 6.45) is 3.80. The van der Waals surface area contributed by atoms with Crippen LogP contribution in [0.25, 0.3) is 11.4 Å². The van der Waals surface area contributed by atoms with Gasteiger partial charge in [-0.3, -0.25) is 9.59 Å². The lowest BCUT2D eigenvalue weighted by Gasteiger charge is -2.32. The molecule has 0 aliphatic heterocycles. The Balaban J connectivity index is 1.46. The fourth-order valence-corrected chi connectivity index (χ4v) is 5.33. The smallest absolute Gasteiger partial charge is 0.247 e. The van der Waals surface area contributed by atoms with E-state index in [2.05, 4.69) is 20.7 Å².